The summed E-state index contributed by atoms with van der Waals surface area (Å²) < 4.78 is 27.5. The minimum atomic E-state index is -3.55. The van der Waals surface area contributed by atoms with Crippen molar-refractivity contribution in [2.24, 2.45) is 0 Å². The molecule has 1 fully saturated rings. The summed E-state index contributed by atoms with van der Waals surface area (Å²) in [6, 6.07) is 16.4. The van der Waals surface area contributed by atoms with Crippen LogP contribution in [0.3, 0.4) is 0 Å². The van der Waals surface area contributed by atoms with E-state index in [-0.39, 0.29) is 10.8 Å². The summed E-state index contributed by atoms with van der Waals surface area (Å²) in [6.45, 7) is 1.44. The van der Waals surface area contributed by atoms with Crippen LogP contribution in [0.5, 0.6) is 0 Å². The van der Waals surface area contributed by atoms with Crippen molar-refractivity contribution < 1.29 is 13.2 Å². The van der Waals surface area contributed by atoms with Gasteiger partial charge < -0.3 is 4.90 Å². The van der Waals surface area contributed by atoms with Crippen LogP contribution < -0.4 is 0 Å². The van der Waals surface area contributed by atoms with E-state index in [1.54, 1.807) is 29.2 Å². The summed E-state index contributed by atoms with van der Waals surface area (Å²) in [4.78, 5) is 14.4. The molecule has 1 heterocycles. The lowest BCUT2D eigenvalue weighted by Gasteiger charge is -2.34. The molecule has 0 aromatic heterocycles. The first-order chi connectivity index (χ1) is 12.0. The molecule has 1 aliphatic heterocycles. The standard InChI is InChI=1S/C18H19BrN2O3S/c19-16-8-4-5-9-17(16)25(23,24)21-12-10-20(11-13-21)18(22)14-15-6-2-1-3-7-15/h1-9H,10-14H2. The van der Waals surface area contributed by atoms with E-state index in [0.29, 0.717) is 37.1 Å². The maximum absolute atomic E-state index is 12.8. The molecule has 0 saturated carbocycles. The highest BCUT2D eigenvalue weighted by atomic mass is 79.9. The van der Waals surface area contributed by atoms with Gasteiger partial charge in [0, 0.05) is 30.7 Å². The van der Waals surface area contributed by atoms with Crippen LogP contribution in [0.25, 0.3) is 0 Å². The van der Waals surface area contributed by atoms with Crippen molar-refractivity contribution in [1.82, 2.24) is 9.21 Å². The molecule has 0 unspecified atom stereocenters. The smallest absolute Gasteiger partial charge is 0.244 e. The number of carbonyl (C=O) groups is 1. The van der Waals surface area contributed by atoms with Crippen LogP contribution in [0.2, 0.25) is 0 Å². The minimum Gasteiger partial charge on any atom is -0.340 e. The molecule has 0 spiro atoms. The number of nitrogens with zero attached hydrogens (tertiary/aromatic N) is 2. The fraction of sp³-hybridized carbons (Fsp3) is 0.278. The number of hydrogen-bond donors (Lipinski definition) is 0. The molecule has 0 radical (unpaired) electrons. The van der Waals surface area contributed by atoms with Crippen LogP contribution in [-0.2, 0) is 21.2 Å². The van der Waals surface area contributed by atoms with E-state index < -0.39 is 10.0 Å². The Kier molecular flexibility index (Phi) is 5.56. The van der Waals surface area contributed by atoms with Gasteiger partial charge in [-0.3, -0.25) is 4.79 Å². The number of hydrogen-bond acceptors (Lipinski definition) is 3. The van der Waals surface area contributed by atoms with Gasteiger partial charge in [-0.2, -0.15) is 4.31 Å². The molecule has 0 aliphatic carbocycles. The zero-order chi connectivity index (χ0) is 17.9. The Hall–Kier alpha value is -1.70. The van der Waals surface area contributed by atoms with Crippen molar-refractivity contribution in [2.75, 3.05) is 26.2 Å². The highest BCUT2D eigenvalue weighted by molar-refractivity contribution is 9.10. The van der Waals surface area contributed by atoms with Crippen molar-refractivity contribution in [3.8, 4) is 0 Å². The quantitative estimate of drug-likeness (QED) is 0.760. The number of halogens is 1. The fourth-order valence-corrected chi connectivity index (χ4v) is 5.24. The van der Waals surface area contributed by atoms with Crippen LogP contribution in [0.4, 0.5) is 0 Å². The summed E-state index contributed by atoms with van der Waals surface area (Å²) in [5.41, 5.74) is 0.968. The Morgan fingerprint density at radius 2 is 1.52 bits per heavy atom. The van der Waals surface area contributed by atoms with Gasteiger partial charge in [-0.25, -0.2) is 8.42 Å². The highest BCUT2D eigenvalue weighted by Crippen LogP contribution is 2.25. The van der Waals surface area contributed by atoms with Crippen LogP contribution in [-0.4, -0.2) is 49.7 Å². The van der Waals surface area contributed by atoms with Crippen molar-refractivity contribution in [2.45, 2.75) is 11.3 Å². The first kappa shape index (κ1) is 18.1. The number of amides is 1. The normalized spacial score (nSPS) is 16.0. The molecule has 2 aromatic carbocycles. The van der Waals surface area contributed by atoms with E-state index in [1.807, 2.05) is 30.3 Å². The molecular weight excluding hydrogens is 404 g/mol. The second-order valence-corrected chi connectivity index (χ2v) is 8.64. The monoisotopic (exact) mass is 422 g/mol. The van der Waals surface area contributed by atoms with Gasteiger partial charge in [0.15, 0.2) is 0 Å². The largest absolute Gasteiger partial charge is 0.340 e. The van der Waals surface area contributed by atoms with Crippen molar-refractivity contribution in [1.29, 1.82) is 0 Å². The Labute approximate surface area is 156 Å². The number of rotatable bonds is 4. The van der Waals surface area contributed by atoms with Crippen LogP contribution in [0.15, 0.2) is 64.0 Å². The molecule has 3 rings (SSSR count). The third-order valence-corrected chi connectivity index (χ3v) is 7.15. The number of benzene rings is 2. The van der Waals surface area contributed by atoms with Gasteiger partial charge in [0.05, 0.1) is 11.3 Å². The predicted molar refractivity (Wildman–Crippen MR) is 99.6 cm³/mol. The molecule has 7 heteroatoms. The predicted octanol–water partition coefficient (Wildman–Crippen LogP) is 2.52. The summed E-state index contributed by atoms with van der Waals surface area (Å²) in [6.07, 6.45) is 0.345. The van der Waals surface area contributed by atoms with E-state index in [0.717, 1.165) is 5.56 Å². The van der Waals surface area contributed by atoms with Crippen molar-refractivity contribution in [3.05, 3.63) is 64.6 Å². The first-order valence-electron chi connectivity index (χ1n) is 8.05. The molecule has 25 heavy (non-hydrogen) atoms. The maximum Gasteiger partial charge on any atom is 0.244 e. The van der Waals surface area contributed by atoms with E-state index in [2.05, 4.69) is 15.9 Å². The lowest BCUT2D eigenvalue weighted by atomic mass is 10.1. The Balaban J connectivity index is 1.64. The Morgan fingerprint density at radius 1 is 0.920 bits per heavy atom. The second-order valence-electron chi connectivity index (χ2n) is 5.88. The Morgan fingerprint density at radius 3 is 2.16 bits per heavy atom. The lowest BCUT2D eigenvalue weighted by Crippen LogP contribution is -2.50. The second kappa shape index (κ2) is 7.68. The van der Waals surface area contributed by atoms with Crippen LogP contribution in [0.1, 0.15) is 5.56 Å². The van der Waals surface area contributed by atoms with Crippen molar-refractivity contribution in [3.63, 3.8) is 0 Å². The van der Waals surface area contributed by atoms with Gasteiger partial charge in [-0.1, -0.05) is 42.5 Å². The van der Waals surface area contributed by atoms with Gasteiger partial charge in [0.25, 0.3) is 0 Å². The van der Waals surface area contributed by atoms with Gasteiger partial charge in [0.1, 0.15) is 0 Å². The van der Waals surface area contributed by atoms with E-state index in [9.17, 15) is 13.2 Å². The first-order valence-corrected chi connectivity index (χ1v) is 10.3. The van der Waals surface area contributed by atoms with Gasteiger partial charge in [0.2, 0.25) is 15.9 Å². The number of sulfonamides is 1. The third-order valence-electron chi connectivity index (χ3n) is 4.24. The van der Waals surface area contributed by atoms with Crippen LogP contribution >= 0.6 is 15.9 Å². The van der Waals surface area contributed by atoms with Gasteiger partial charge >= 0.3 is 0 Å². The van der Waals surface area contributed by atoms with Gasteiger partial charge in [-0.15, -0.1) is 0 Å². The van der Waals surface area contributed by atoms with E-state index >= 15 is 0 Å². The zero-order valence-electron chi connectivity index (χ0n) is 13.6. The molecular formula is C18H19BrN2O3S. The SMILES string of the molecule is O=C(Cc1ccccc1)N1CCN(S(=O)(=O)c2ccccc2Br)CC1. The average Bonchev–Trinajstić information content (AvgIpc) is 2.63. The number of carbonyl (C=O) groups excluding carboxylic acids is 1. The summed E-state index contributed by atoms with van der Waals surface area (Å²) in [5, 5.41) is 0. The van der Waals surface area contributed by atoms with Gasteiger partial charge in [-0.05, 0) is 33.6 Å². The molecule has 0 bridgehead atoms. The summed E-state index contributed by atoms with van der Waals surface area (Å²) in [5.74, 6) is 0.0316. The molecule has 1 aliphatic rings. The molecule has 1 amide bonds. The van der Waals surface area contributed by atoms with Crippen LogP contribution in [0, 0.1) is 0 Å². The maximum atomic E-state index is 12.8. The average molecular weight is 423 g/mol. The molecule has 132 valence electrons. The molecule has 2 aromatic rings. The summed E-state index contributed by atoms with van der Waals surface area (Å²) in [7, 11) is -3.55. The van der Waals surface area contributed by atoms with E-state index in [4.69, 9.17) is 0 Å². The third kappa shape index (κ3) is 4.11. The Bertz CT molecular complexity index is 848. The zero-order valence-corrected chi connectivity index (χ0v) is 16.0. The molecule has 1 saturated heterocycles. The lowest BCUT2D eigenvalue weighted by molar-refractivity contribution is -0.131. The van der Waals surface area contributed by atoms with E-state index in [1.165, 1.54) is 4.31 Å². The minimum absolute atomic E-state index is 0.0316. The molecule has 0 N–H and O–H groups in total. The molecule has 0 atom stereocenters. The summed E-state index contributed by atoms with van der Waals surface area (Å²) >= 11 is 3.30. The topological polar surface area (TPSA) is 57.7 Å². The fourth-order valence-electron chi connectivity index (χ4n) is 2.85. The number of piperazine rings is 1. The highest BCUT2D eigenvalue weighted by Gasteiger charge is 2.31. The molecule has 5 nitrogen and oxygen atoms in total. The van der Waals surface area contributed by atoms with Crippen molar-refractivity contribution >= 4 is 31.9 Å².